The molecule has 3 aromatic rings. The molecule has 0 N–H and O–H groups in total. The number of ether oxygens (including phenoxy) is 3. The average Bonchev–Trinajstić information content (AvgIpc) is 3.66. The number of anilines is 1. The summed E-state index contributed by atoms with van der Waals surface area (Å²) in [5.41, 5.74) is -1.24. The number of esters is 1. The van der Waals surface area contributed by atoms with E-state index in [0.29, 0.717) is 37.0 Å². The number of carbonyl (C=O) groups is 1. The van der Waals surface area contributed by atoms with Crippen LogP contribution >= 0.6 is 0 Å². The van der Waals surface area contributed by atoms with Gasteiger partial charge in [-0.2, -0.15) is 13.2 Å². The summed E-state index contributed by atoms with van der Waals surface area (Å²) in [7, 11) is 0.979. The van der Waals surface area contributed by atoms with Crippen LogP contribution in [-0.4, -0.2) is 52.8 Å². The molecule has 2 unspecified atom stereocenters. The van der Waals surface area contributed by atoms with Gasteiger partial charge in [-0.25, -0.2) is 14.8 Å². The number of hydrogen-bond donors (Lipinski definition) is 0. The summed E-state index contributed by atoms with van der Waals surface area (Å²) in [6.45, 7) is 0.0255. The van der Waals surface area contributed by atoms with E-state index >= 15 is 0 Å². The van der Waals surface area contributed by atoms with Gasteiger partial charge in [0, 0.05) is 35.3 Å². The van der Waals surface area contributed by atoms with Crippen molar-refractivity contribution >= 4 is 11.9 Å². The first-order valence-corrected chi connectivity index (χ1v) is 13.7. The first-order valence-electron chi connectivity index (χ1n) is 13.7. The third-order valence-corrected chi connectivity index (χ3v) is 7.97. The van der Waals surface area contributed by atoms with Crippen LogP contribution in [0.1, 0.15) is 71.8 Å². The van der Waals surface area contributed by atoms with Crippen LogP contribution in [0.25, 0.3) is 11.3 Å². The van der Waals surface area contributed by atoms with Gasteiger partial charge in [0.1, 0.15) is 22.8 Å². The van der Waals surface area contributed by atoms with E-state index in [1.165, 1.54) is 18.2 Å². The number of hydrogen-bond acceptors (Lipinski definition) is 9. The Morgan fingerprint density at radius 1 is 1.05 bits per heavy atom. The summed E-state index contributed by atoms with van der Waals surface area (Å²) >= 11 is 0. The number of methoxy groups -OCH3 is 1. The second-order valence-electron chi connectivity index (χ2n) is 10.8. The van der Waals surface area contributed by atoms with Crippen molar-refractivity contribution in [2.24, 2.45) is 0 Å². The van der Waals surface area contributed by atoms with Gasteiger partial charge in [0.05, 0.1) is 19.8 Å². The third kappa shape index (κ3) is 5.99. The van der Waals surface area contributed by atoms with Crippen LogP contribution in [-0.2, 0) is 22.3 Å². The van der Waals surface area contributed by atoms with Gasteiger partial charge in [0.15, 0.2) is 5.69 Å². The standard InChI is InChI=1S/C28H26F6N4O5/c1-40-25(39)19-12-35-26(36-24(19)27(29,30)31)38-15-8-9-16(38)11-17(10-15)41-13-20-22(37-43-23(20)14-6-7-14)18-4-2-3-5-21(18)42-28(32,33)34/h2-5,12,14-17H,6-11,13H2,1H3. The van der Waals surface area contributed by atoms with Gasteiger partial charge in [-0.3, -0.25) is 0 Å². The lowest BCUT2D eigenvalue weighted by Crippen LogP contribution is -2.46. The van der Waals surface area contributed by atoms with Crippen molar-refractivity contribution in [1.82, 2.24) is 15.1 Å². The molecule has 15 heteroatoms. The fraction of sp³-hybridized carbons (Fsp3) is 0.500. The van der Waals surface area contributed by atoms with E-state index in [4.69, 9.17) is 9.26 Å². The molecule has 2 atom stereocenters. The third-order valence-electron chi connectivity index (χ3n) is 7.97. The highest BCUT2D eigenvalue weighted by atomic mass is 19.4. The van der Waals surface area contributed by atoms with Crippen molar-refractivity contribution in [3.63, 3.8) is 0 Å². The zero-order valence-electron chi connectivity index (χ0n) is 22.7. The molecule has 2 bridgehead atoms. The predicted octanol–water partition coefficient (Wildman–Crippen LogP) is 6.43. The minimum absolute atomic E-state index is 0.0255. The number of benzene rings is 1. The molecule has 0 amide bonds. The van der Waals surface area contributed by atoms with Gasteiger partial charge in [0.25, 0.3) is 0 Å². The van der Waals surface area contributed by atoms with Crippen LogP contribution in [0.5, 0.6) is 5.75 Å². The van der Waals surface area contributed by atoms with Crippen molar-refractivity contribution in [3.8, 4) is 17.0 Å². The number of alkyl halides is 6. The Hall–Kier alpha value is -3.88. The molecule has 4 heterocycles. The molecule has 2 aliphatic heterocycles. The Bertz CT molecular complexity index is 1490. The van der Waals surface area contributed by atoms with E-state index in [0.717, 1.165) is 26.1 Å². The number of piperidine rings is 1. The summed E-state index contributed by atoms with van der Waals surface area (Å²) in [5, 5.41) is 4.10. The van der Waals surface area contributed by atoms with E-state index < -0.39 is 35.5 Å². The first kappa shape index (κ1) is 29.2. The Labute approximate surface area is 241 Å². The molecular formula is C28H26F6N4O5. The number of fused-ring (bicyclic) bond motifs is 2. The monoisotopic (exact) mass is 612 g/mol. The van der Waals surface area contributed by atoms with Gasteiger partial charge in [0.2, 0.25) is 5.95 Å². The Kier molecular flexibility index (Phi) is 7.47. The highest BCUT2D eigenvalue weighted by molar-refractivity contribution is 5.90. The summed E-state index contributed by atoms with van der Waals surface area (Å²) in [4.78, 5) is 21.5. The zero-order chi connectivity index (χ0) is 30.5. The highest BCUT2D eigenvalue weighted by Gasteiger charge is 2.45. The summed E-state index contributed by atoms with van der Waals surface area (Å²) in [5.74, 6) is -1.04. The molecule has 43 heavy (non-hydrogen) atoms. The molecule has 0 radical (unpaired) electrons. The molecule has 3 fully saturated rings. The summed E-state index contributed by atoms with van der Waals surface area (Å²) in [6, 6.07) is 5.26. The van der Waals surface area contributed by atoms with Crippen molar-refractivity contribution in [2.75, 3.05) is 12.0 Å². The zero-order valence-corrected chi connectivity index (χ0v) is 22.7. The van der Waals surface area contributed by atoms with E-state index in [1.807, 2.05) is 0 Å². The van der Waals surface area contributed by atoms with E-state index in [-0.39, 0.29) is 47.9 Å². The lowest BCUT2D eigenvalue weighted by Gasteiger charge is -2.39. The second-order valence-corrected chi connectivity index (χ2v) is 10.8. The van der Waals surface area contributed by atoms with Gasteiger partial charge in [-0.05, 0) is 50.7 Å². The molecule has 6 rings (SSSR count). The fourth-order valence-corrected chi connectivity index (χ4v) is 5.98. The molecule has 1 saturated carbocycles. The van der Waals surface area contributed by atoms with Crippen LogP contribution in [0, 0.1) is 0 Å². The molecule has 1 aliphatic carbocycles. The molecule has 3 aliphatic rings. The number of halogens is 6. The summed E-state index contributed by atoms with van der Waals surface area (Å²) in [6.07, 6.45) is -5.22. The molecule has 2 aromatic heterocycles. The van der Waals surface area contributed by atoms with Gasteiger partial charge < -0.3 is 23.6 Å². The highest BCUT2D eigenvalue weighted by Crippen LogP contribution is 2.46. The minimum atomic E-state index is -4.90. The normalized spacial score (nSPS) is 22.1. The van der Waals surface area contributed by atoms with Crippen LogP contribution in [0.2, 0.25) is 0 Å². The largest absolute Gasteiger partial charge is 0.573 e. The molecule has 2 saturated heterocycles. The van der Waals surface area contributed by atoms with Gasteiger partial charge in [-0.1, -0.05) is 17.3 Å². The Balaban J connectivity index is 1.21. The van der Waals surface area contributed by atoms with Crippen LogP contribution in [0.4, 0.5) is 32.3 Å². The predicted molar refractivity (Wildman–Crippen MR) is 136 cm³/mol. The maximum absolute atomic E-state index is 13.7. The average molecular weight is 613 g/mol. The SMILES string of the molecule is COC(=O)c1cnc(N2C3CCC2CC(OCc2c(-c4ccccc4OC(F)(F)F)noc2C2CC2)C3)nc1C(F)(F)F. The molecule has 230 valence electrons. The van der Waals surface area contributed by atoms with E-state index in [1.54, 1.807) is 11.0 Å². The van der Waals surface area contributed by atoms with E-state index in [2.05, 4.69) is 24.6 Å². The number of carbonyl (C=O) groups excluding carboxylic acids is 1. The van der Waals surface area contributed by atoms with Crippen LogP contribution in [0.15, 0.2) is 35.0 Å². The van der Waals surface area contributed by atoms with Crippen LogP contribution < -0.4 is 9.64 Å². The first-order chi connectivity index (χ1) is 20.4. The molecule has 0 spiro atoms. The second kappa shape index (κ2) is 11.0. The number of aromatic nitrogens is 3. The van der Waals surface area contributed by atoms with Crippen LogP contribution in [0.3, 0.4) is 0 Å². The number of nitrogens with zero attached hydrogens (tertiary/aromatic N) is 4. The maximum Gasteiger partial charge on any atom is 0.573 e. The quantitative estimate of drug-likeness (QED) is 0.211. The molecular weight excluding hydrogens is 586 g/mol. The Morgan fingerprint density at radius 3 is 2.37 bits per heavy atom. The lowest BCUT2D eigenvalue weighted by atomic mass is 9.99. The van der Waals surface area contributed by atoms with E-state index in [9.17, 15) is 31.1 Å². The number of rotatable bonds is 8. The minimum Gasteiger partial charge on any atom is -0.465 e. The van der Waals surface area contributed by atoms with Crippen molar-refractivity contribution in [2.45, 2.75) is 81.8 Å². The maximum atomic E-state index is 13.7. The molecule has 9 nitrogen and oxygen atoms in total. The van der Waals surface area contributed by atoms with Crippen molar-refractivity contribution in [3.05, 3.63) is 53.0 Å². The van der Waals surface area contributed by atoms with Crippen molar-refractivity contribution < 1.29 is 49.9 Å². The number of para-hydroxylation sites is 1. The molecule has 1 aromatic carbocycles. The van der Waals surface area contributed by atoms with Gasteiger partial charge >= 0.3 is 18.5 Å². The van der Waals surface area contributed by atoms with Crippen molar-refractivity contribution in [1.29, 1.82) is 0 Å². The lowest BCUT2D eigenvalue weighted by molar-refractivity contribution is -0.274. The van der Waals surface area contributed by atoms with Gasteiger partial charge in [-0.15, -0.1) is 13.2 Å². The topological polar surface area (TPSA) is 99.8 Å². The Morgan fingerprint density at radius 2 is 1.74 bits per heavy atom. The smallest absolute Gasteiger partial charge is 0.465 e. The fourth-order valence-electron chi connectivity index (χ4n) is 5.98. The summed E-state index contributed by atoms with van der Waals surface area (Å²) < 4.78 is 101.